The van der Waals surface area contributed by atoms with Crippen molar-refractivity contribution in [1.29, 1.82) is 0 Å². The van der Waals surface area contributed by atoms with E-state index in [9.17, 15) is 14.4 Å². The number of nitrogens with one attached hydrogen (secondary N) is 2. The van der Waals surface area contributed by atoms with Crippen molar-refractivity contribution in [2.45, 2.75) is 13.0 Å². The summed E-state index contributed by atoms with van der Waals surface area (Å²) in [5.41, 5.74) is 5.55. The smallest absolute Gasteiger partial charge is 0.331 e. The summed E-state index contributed by atoms with van der Waals surface area (Å²) in [5, 5.41) is 0. The molecule has 0 bridgehead atoms. The van der Waals surface area contributed by atoms with Crippen molar-refractivity contribution in [3.8, 4) is 11.5 Å². The molecule has 0 aliphatic heterocycles. The highest BCUT2D eigenvalue weighted by Gasteiger charge is 2.17. The lowest BCUT2D eigenvalue weighted by atomic mass is 10.2. The zero-order chi connectivity index (χ0) is 21.2. The number of ether oxygens (including phenoxy) is 3. The van der Waals surface area contributed by atoms with Gasteiger partial charge in [0.15, 0.2) is 17.6 Å². The second-order valence-corrected chi connectivity index (χ2v) is 5.84. The first kappa shape index (κ1) is 21.5. The number of hydrogen-bond acceptors (Lipinski definition) is 6. The van der Waals surface area contributed by atoms with Crippen LogP contribution in [0.25, 0.3) is 6.08 Å². The molecule has 0 saturated carbocycles. The monoisotopic (exact) mass is 398 g/mol. The molecule has 8 nitrogen and oxygen atoms in total. The lowest BCUT2D eigenvalue weighted by Crippen LogP contribution is -2.46. The van der Waals surface area contributed by atoms with Crippen LogP contribution in [-0.2, 0) is 14.3 Å². The predicted molar refractivity (Wildman–Crippen MR) is 106 cm³/mol. The molecule has 0 aliphatic carbocycles. The van der Waals surface area contributed by atoms with Crippen LogP contribution in [-0.4, -0.2) is 38.1 Å². The number of hydrogen-bond donors (Lipinski definition) is 2. The molecule has 2 rings (SSSR count). The van der Waals surface area contributed by atoms with Crippen LogP contribution in [0.3, 0.4) is 0 Å². The first-order valence-corrected chi connectivity index (χ1v) is 8.70. The van der Waals surface area contributed by atoms with Gasteiger partial charge in [-0.2, -0.15) is 0 Å². The van der Waals surface area contributed by atoms with E-state index in [-0.39, 0.29) is 0 Å². The fourth-order valence-corrected chi connectivity index (χ4v) is 2.27. The number of benzene rings is 2. The Bertz CT molecular complexity index is 895. The van der Waals surface area contributed by atoms with Crippen molar-refractivity contribution >= 4 is 23.9 Å². The van der Waals surface area contributed by atoms with Crippen molar-refractivity contribution in [2.75, 3.05) is 14.2 Å². The Kier molecular flexibility index (Phi) is 7.78. The maximum atomic E-state index is 12.0. The van der Waals surface area contributed by atoms with Crippen LogP contribution in [0, 0.1) is 0 Å². The van der Waals surface area contributed by atoms with Gasteiger partial charge in [-0.3, -0.25) is 20.4 Å². The number of methoxy groups -OCH3 is 2. The number of carbonyl (C=O) groups is 3. The van der Waals surface area contributed by atoms with Gasteiger partial charge in [-0.25, -0.2) is 4.79 Å². The van der Waals surface area contributed by atoms with Crippen LogP contribution in [0.2, 0.25) is 0 Å². The van der Waals surface area contributed by atoms with Gasteiger partial charge >= 0.3 is 5.97 Å². The lowest BCUT2D eigenvalue weighted by Gasteiger charge is -2.13. The molecule has 152 valence electrons. The summed E-state index contributed by atoms with van der Waals surface area (Å²) in [5.74, 6) is -0.773. The highest BCUT2D eigenvalue weighted by Crippen LogP contribution is 2.27. The molecular formula is C21H22N2O6. The standard InChI is InChI=1S/C21H22N2O6/c1-14(20(25)22-23-21(26)16-7-5-4-6-8-16)29-19(24)12-10-15-9-11-17(27-2)18(13-15)28-3/h4-14H,1-3H3,(H,22,25)(H,23,26)/b12-10+/t14-/m1/s1. The highest BCUT2D eigenvalue weighted by molar-refractivity contribution is 5.96. The van der Waals surface area contributed by atoms with E-state index < -0.39 is 23.9 Å². The molecule has 0 aromatic heterocycles. The Morgan fingerprint density at radius 2 is 1.62 bits per heavy atom. The normalized spacial score (nSPS) is 11.4. The zero-order valence-electron chi connectivity index (χ0n) is 16.3. The largest absolute Gasteiger partial charge is 0.493 e. The van der Waals surface area contributed by atoms with Crippen LogP contribution in [0.1, 0.15) is 22.8 Å². The van der Waals surface area contributed by atoms with Gasteiger partial charge in [0.1, 0.15) is 0 Å². The quantitative estimate of drug-likeness (QED) is 0.421. The Balaban J connectivity index is 1.85. The first-order chi connectivity index (χ1) is 13.9. The molecule has 0 saturated heterocycles. The van der Waals surface area contributed by atoms with E-state index in [1.807, 2.05) is 0 Å². The van der Waals surface area contributed by atoms with E-state index in [0.29, 0.717) is 22.6 Å². The van der Waals surface area contributed by atoms with Crippen LogP contribution in [0.4, 0.5) is 0 Å². The number of esters is 1. The van der Waals surface area contributed by atoms with Crippen molar-refractivity contribution in [1.82, 2.24) is 10.9 Å². The minimum absolute atomic E-state index is 0.385. The molecule has 0 fully saturated rings. The molecule has 2 amide bonds. The second kappa shape index (κ2) is 10.5. The number of carbonyl (C=O) groups excluding carboxylic acids is 3. The Hall–Kier alpha value is -3.81. The van der Waals surface area contributed by atoms with E-state index in [4.69, 9.17) is 14.2 Å². The van der Waals surface area contributed by atoms with Crippen molar-refractivity contribution < 1.29 is 28.6 Å². The molecule has 29 heavy (non-hydrogen) atoms. The zero-order valence-corrected chi connectivity index (χ0v) is 16.3. The fourth-order valence-electron chi connectivity index (χ4n) is 2.27. The van der Waals surface area contributed by atoms with Gasteiger partial charge in [-0.15, -0.1) is 0 Å². The molecule has 0 heterocycles. The third kappa shape index (κ3) is 6.39. The minimum Gasteiger partial charge on any atom is -0.493 e. The minimum atomic E-state index is -1.10. The second-order valence-electron chi connectivity index (χ2n) is 5.84. The lowest BCUT2D eigenvalue weighted by molar-refractivity contribution is -0.150. The van der Waals surface area contributed by atoms with Crippen LogP contribution >= 0.6 is 0 Å². The summed E-state index contributed by atoms with van der Waals surface area (Å²) in [6, 6.07) is 13.5. The van der Waals surface area contributed by atoms with Crippen molar-refractivity contribution in [3.63, 3.8) is 0 Å². The average Bonchev–Trinajstić information content (AvgIpc) is 2.75. The molecule has 0 unspecified atom stereocenters. The van der Waals surface area contributed by atoms with Crippen LogP contribution in [0.15, 0.2) is 54.6 Å². The summed E-state index contributed by atoms with van der Waals surface area (Å²) in [6.07, 6.45) is 1.60. The molecule has 1 atom stereocenters. The molecule has 2 aromatic rings. The van der Waals surface area contributed by atoms with Gasteiger partial charge in [-0.05, 0) is 42.8 Å². The van der Waals surface area contributed by atoms with Gasteiger partial charge in [0.05, 0.1) is 14.2 Å². The van der Waals surface area contributed by atoms with Gasteiger partial charge in [-0.1, -0.05) is 24.3 Å². The maximum Gasteiger partial charge on any atom is 0.331 e. The number of hydrazine groups is 1. The average molecular weight is 398 g/mol. The Morgan fingerprint density at radius 3 is 2.28 bits per heavy atom. The molecule has 8 heteroatoms. The Morgan fingerprint density at radius 1 is 0.931 bits per heavy atom. The van der Waals surface area contributed by atoms with E-state index in [2.05, 4.69) is 10.9 Å². The van der Waals surface area contributed by atoms with E-state index in [0.717, 1.165) is 0 Å². The summed E-state index contributed by atoms with van der Waals surface area (Å²) >= 11 is 0. The summed E-state index contributed by atoms with van der Waals surface area (Å²) in [7, 11) is 3.04. The van der Waals surface area contributed by atoms with E-state index in [1.165, 1.54) is 33.3 Å². The maximum absolute atomic E-state index is 12.0. The summed E-state index contributed by atoms with van der Waals surface area (Å²) in [6.45, 7) is 1.39. The van der Waals surface area contributed by atoms with E-state index >= 15 is 0 Å². The molecule has 0 aliphatic rings. The third-order valence-corrected chi connectivity index (χ3v) is 3.82. The van der Waals surface area contributed by atoms with E-state index in [1.54, 1.807) is 48.5 Å². The highest BCUT2D eigenvalue weighted by atomic mass is 16.5. The van der Waals surface area contributed by atoms with Gasteiger partial charge in [0.25, 0.3) is 11.8 Å². The molecule has 2 N–H and O–H groups in total. The number of amides is 2. The molecule has 2 aromatic carbocycles. The molecule has 0 radical (unpaired) electrons. The predicted octanol–water partition coefficient (Wildman–Crippen LogP) is 2.11. The molecule has 0 spiro atoms. The first-order valence-electron chi connectivity index (χ1n) is 8.70. The van der Waals surface area contributed by atoms with Crippen LogP contribution < -0.4 is 20.3 Å². The fraction of sp³-hybridized carbons (Fsp3) is 0.190. The van der Waals surface area contributed by atoms with Crippen molar-refractivity contribution in [2.24, 2.45) is 0 Å². The summed E-state index contributed by atoms with van der Waals surface area (Å²) in [4.78, 5) is 35.8. The van der Waals surface area contributed by atoms with Gasteiger partial charge in [0.2, 0.25) is 0 Å². The number of rotatable bonds is 7. The topological polar surface area (TPSA) is 103 Å². The third-order valence-electron chi connectivity index (χ3n) is 3.82. The van der Waals surface area contributed by atoms with Crippen LogP contribution in [0.5, 0.6) is 11.5 Å². The summed E-state index contributed by atoms with van der Waals surface area (Å²) < 4.78 is 15.4. The molecular weight excluding hydrogens is 376 g/mol. The Labute approximate surface area is 168 Å². The van der Waals surface area contributed by atoms with Gasteiger partial charge < -0.3 is 14.2 Å². The van der Waals surface area contributed by atoms with Gasteiger partial charge in [0, 0.05) is 11.6 Å². The van der Waals surface area contributed by atoms with Crippen molar-refractivity contribution in [3.05, 3.63) is 65.7 Å². The SMILES string of the molecule is COc1ccc(/C=C/C(=O)O[C@H](C)C(=O)NNC(=O)c2ccccc2)cc1OC.